The van der Waals surface area contributed by atoms with E-state index in [1.807, 2.05) is 0 Å². The van der Waals surface area contributed by atoms with Gasteiger partial charge in [0, 0.05) is 28.2 Å². The summed E-state index contributed by atoms with van der Waals surface area (Å²) in [6, 6.07) is 9.50. The third-order valence-corrected chi connectivity index (χ3v) is 7.89. The number of carbonyl (C=O) groups is 3. The highest BCUT2D eigenvalue weighted by Gasteiger charge is 2.43. The molecule has 1 N–H and O–H groups in total. The molecule has 0 spiro atoms. The molecular weight excluding hydrogens is 501 g/mol. The summed E-state index contributed by atoms with van der Waals surface area (Å²) in [5.41, 5.74) is 0.412. The Morgan fingerprint density at radius 1 is 1.06 bits per heavy atom. The molecule has 0 saturated heterocycles. The predicted octanol–water partition coefficient (Wildman–Crippen LogP) is 3.47. The van der Waals surface area contributed by atoms with Gasteiger partial charge in [0.05, 0.1) is 5.56 Å². The van der Waals surface area contributed by atoms with Gasteiger partial charge in [0.1, 0.15) is 17.5 Å². The summed E-state index contributed by atoms with van der Waals surface area (Å²) in [6.07, 6.45) is 0.243. The summed E-state index contributed by atoms with van der Waals surface area (Å²) < 4.78 is 26.4. The van der Waals surface area contributed by atoms with Crippen molar-refractivity contribution in [1.29, 1.82) is 0 Å². The Balaban J connectivity index is 1.98. The van der Waals surface area contributed by atoms with E-state index in [9.17, 15) is 22.8 Å². The highest BCUT2D eigenvalue weighted by Crippen LogP contribution is 2.31. The smallest absolute Gasteiger partial charge is 0.269 e. The molecule has 1 aliphatic heterocycles. The van der Waals surface area contributed by atoms with Crippen molar-refractivity contribution in [2.45, 2.75) is 50.7 Å². The average molecular weight is 526 g/mol. The van der Waals surface area contributed by atoms with Gasteiger partial charge in [0.15, 0.2) is 0 Å². The maximum Gasteiger partial charge on any atom is 0.269 e. The van der Waals surface area contributed by atoms with Crippen LogP contribution in [0.3, 0.4) is 0 Å². The van der Waals surface area contributed by atoms with Gasteiger partial charge in [-0.25, -0.2) is 12.7 Å². The Labute approximate surface area is 208 Å². The summed E-state index contributed by atoms with van der Waals surface area (Å²) in [4.78, 5) is 40.3. The van der Waals surface area contributed by atoms with Gasteiger partial charge in [-0.2, -0.15) is 0 Å². The summed E-state index contributed by atoms with van der Waals surface area (Å²) in [5.74, 6) is -1.93. The average Bonchev–Trinajstić information content (AvgIpc) is 2.96. The van der Waals surface area contributed by atoms with Crippen LogP contribution in [0.5, 0.6) is 0 Å². The van der Waals surface area contributed by atoms with E-state index in [2.05, 4.69) is 5.32 Å². The number of fused-ring (bicyclic) bond motifs is 1. The molecule has 0 bridgehead atoms. The fourth-order valence-corrected chi connectivity index (χ4v) is 5.79. The van der Waals surface area contributed by atoms with Crippen molar-refractivity contribution in [2.24, 2.45) is 0 Å². The molecule has 1 atom stereocenters. The summed E-state index contributed by atoms with van der Waals surface area (Å²) in [7, 11) is -4.20. The normalized spacial score (nSPS) is 15.2. The first-order valence-corrected chi connectivity index (χ1v) is 12.9. The molecule has 182 valence electrons. The molecule has 0 aliphatic carbocycles. The minimum absolute atomic E-state index is 0.000547. The molecule has 2 aromatic rings. The number of sulfonamides is 1. The zero-order chi connectivity index (χ0) is 25.2. The van der Waals surface area contributed by atoms with Crippen LogP contribution in [-0.4, -0.2) is 54.0 Å². The van der Waals surface area contributed by atoms with Crippen LogP contribution in [0.2, 0.25) is 10.0 Å². The van der Waals surface area contributed by atoms with E-state index in [1.165, 1.54) is 23.1 Å². The Kier molecular flexibility index (Phi) is 7.90. The van der Waals surface area contributed by atoms with Crippen molar-refractivity contribution < 1.29 is 22.8 Å². The molecular formula is C23H25Cl2N3O5S. The summed E-state index contributed by atoms with van der Waals surface area (Å²) in [6.45, 7) is 4.40. The van der Waals surface area contributed by atoms with Crippen LogP contribution in [-0.2, 0) is 26.2 Å². The van der Waals surface area contributed by atoms with Crippen LogP contribution in [0.4, 0.5) is 0 Å². The molecule has 0 unspecified atom stereocenters. The molecule has 0 fully saturated rings. The van der Waals surface area contributed by atoms with Crippen molar-refractivity contribution in [3.63, 3.8) is 0 Å². The van der Waals surface area contributed by atoms with Crippen LogP contribution in [0.25, 0.3) is 0 Å². The molecule has 3 rings (SSSR count). The number of halogens is 2. The molecule has 0 radical (unpaired) electrons. The minimum Gasteiger partial charge on any atom is -0.352 e. The zero-order valence-electron chi connectivity index (χ0n) is 18.9. The van der Waals surface area contributed by atoms with Gasteiger partial charge in [-0.15, -0.1) is 0 Å². The zero-order valence-corrected chi connectivity index (χ0v) is 21.2. The Hall–Kier alpha value is -2.62. The largest absolute Gasteiger partial charge is 0.352 e. The number of benzene rings is 2. The van der Waals surface area contributed by atoms with Crippen LogP contribution in [0.15, 0.2) is 47.4 Å². The monoisotopic (exact) mass is 525 g/mol. The quantitative estimate of drug-likeness (QED) is 0.568. The van der Waals surface area contributed by atoms with Crippen LogP contribution < -0.4 is 5.32 Å². The molecule has 8 nitrogen and oxygen atoms in total. The van der Waals surface area contributed by atoms with E-state index in [1.54, 1.807) is 45.0 Å². The lowest BCUT2D eigenvalue weighted by Crippen LogP contribution is -2.53. The standard InChI is InChI=1S/C23H25Cl2N3O5S/c1-4-19(22(30)26-14(2)3)27(12-16-17(24)9-7-10-18(16)25)21(29)13-28-23(31)15-8-5-6-11-20(15)34(28,32)33/h5-11,14,19H,4,12-13H2,1-3H3,(H,26,30)/t19-/m0/s1. The lowest BCUT2D eigenvalue weighted by Gasteiger charge is -2.32. The second kappa shape index (κ2) is 10.3. The number of rotatable bonds is 8. The fourth-order valence-electron chi connectivity index (χ4n) is 3.75. The molecule has 1 heterocycles. The third-order valence-electron chi connectivity index (χ3n) is 5.40. The van der Waals surface area contributed by atoms with Crippen LogP contribution in [0.1, 0.15) is 43.1 Å². The van der Waals surface area contributed by atoms with Gasteiger partial charge in [0.25, 0.3) is 15.9 Å². The number of hydrogen-bond donors (Lipinski definition) is 1. The van der Waals surface area contributed by atoms with Gasteiger partial charge >= 0.3 is 0 Å². The van der Waals surface area contributed by atoms with E-state index < -0.39 is 40.3 Å². The second-order valence-corrected chi connectivity index (χ2v) is 10.8. The van der Waals surface area contributed by atoms with E-state index in [0.29, 0.717) is 19.9 Å². The predicted molar refractivity (Wildman–Crippen MR) is 129 cm³/mol. The Bertz CT molecular complexity index is 1210. The van der Waals surface area contributed by atoms with Gasteiger partial charge in [-0.05, 0) is 44.5 Å². The highest BCUT2D eigenvalue weighted by molar-refractivity contribution is 7.90. The first kappa shape index (κ1) is 26.0. The first-order chi connectivity index (χ1) is 16.0. The van der Waals surface area contributed by atoms with Gasteiger partial charge < -0.3 is 10.2 Å². The second-order valence-electron chi connectivity index (χ2n) is 8.12. The number of nitrogens with zero attached hydrogens (tertiary/aromatic N) is 2. The number of hydrogen-bond acceptors (Lipinski definition) is 5. The van der Waals surface area contributed by atoms with Crippen molar-refractivity contribution in [3.8, 4) is 0 Å². The lowest BCUT2D eigenvalue weighted by molar-refractivity contribution is -0.141. The number of carbonyl (C=O) groups excluding carboxylic acids is 3. The molecule has 3 amide bonds. The SMILES string of the molecule is CC[C@@H](C(=O)NC(C)C)N(Cc1c(Cl)cccc1Cl)C(=O)CN1C(=O)c2ccccc2S1(=O)=O. The fraction of sp³-hybridized carbons (Fsp3) is 0.348. The molecule has 11 heteroatoms. The van der Waals surface area contributed by atoms with Crippen molar-refractivity contribution in [1.82, 2.24) is 14.5 Å². The molecule has 1 aliphatic rings. The van der Waals surface area contributed by atoms with Gasteiger partial charge in [0.2, 0.25) is 11.8 Å². The Morgan fingerprint density at radius 3 is 2.24 bits per heavy atom. The maximum absolute atomic E-state index is 13.5. The van der Waals surface area contributed by atoms with E-state index in [0.717, 1.165) is 0 Å². The molecule has 2 aromatic carbocycles. The summed E-state index contributed by atoms with van der Waals surface area (Å²) >= 11 is 12.6. The van der Waals surface area contributed by atoms with Crippen LogP contribution in [0, 0.1) is 0 Å². The van der Waals surface area contributed by atoms with Crippen molar-refractivity contribution in [3.05, 3.63) is 63.6 Å². The van der Waals surface area contributed by atoms with Crippen molar-refractivity contribution >= 4 is 50.9 Å². The minimum atomic E-state index is -4.20. The van der Waals surface area contributed by atoms with Gasteiger partial charge in [-0.3, -0.25) is 14.4 Å². The Morgan fingerprint density at radius 2 is 1.68 bits per heavy atom. The number of amides is 3. The van der Waals surface area contributed by atoms with Gasteiger partial charge in [-0.1, -0.05) is 48.3 Å². The van der Waals surface area contributed by atoms with Crippen LogP contribution >= 0.6 is 23.2 Å². The van der Waals surface area contributed by atoms with Crippen molar-refractivity contribution in [2.75, 3.05) is 6.54 Å². The molecule has 34 heavy (non-hydrogen) atoms. The summed E-state index contributed by atoms with van der Waals surface area (Å²) in [5, 5.41) is 3.37. The maximum atomic E-state index is 13.5. The van der Waals surface area contributed by atoms with E-state index in [4.69, 9.17) is 23.2 Å². The van der Waals surface area contributed by atoms with E-state index in [-0.39, 0.29) is 29.5 Å². The molecule has 0 aromatic heterocycles. The highest BCUT2D eigenvalue weighted by atomic mass is 35.5. The lowest BCUT2D eigenvalue weighted by atomic mass is 10.1. The number of nitrogens with one attached hydrogen (secondary N) is 1. The molecule has 0 saturated carbocycles. The third kappa shape index (κ3) is 5.06. The van der Waals surface area contributed by atoms with E-state index >= 15 is 0 Å². The first-order valence-electron chi connectivity index (χ1n) is 10.7. The topological polar surface area (TPSA) is 104 Å².